The number of carbonyl (C=O) groups excluding carboxylic acids is 1. The maximum atomic E-state index is 13.3. The third kappa shape index (κ3) is 7.51. The quantitative estimate of drug-likeness (QED) is 0.173. The molecule has 32 heavy (non-hydrogen) atoms. The smallest absolute Gasteiger partial charge is 0.224 e. The van der Waals surface area contributed by atoms with E-state index in [0.29, 0.717) is 19.5 Å². The van der Waals surface area contributed by atoms with Crippen LogP contribution >= 0.6 is 24.0 Å². The molecule has 0 unspecified atom stereocenters. The van der Waals surface area contributed by atoms with Gasteiger partial charge < -0.3 is 20.9 Å². The van der Waals surface area contributed by atoms with E-state index in [2.05, 4.69) is 25.9 Å². The van der Waals surface area contributed by atoms with Gasteiger partial charge in [-0.25, -0.2) is 9.38 Å². The van der Waals surface area contributed by atoms with Crippen LogP contribution in [0, 0.1) is 5.82 Å². The van der Waals surface area contributed by atoms with Crippen LogP contribution in [0.4, 0.5) is 10.1 Å². The first-order valence-electron chi connectivity index (χ1n) is 10.8. The van der Waals surface area contributed by atoms with E-state index in [1.54, 1.807) is 0 Å². The molecule has 6 nitrogen and oxygen atoms in total. The van der Waals surface area contributed by atoms with Gasteiger partial charge in [0.25, 0.3) is 0 Å². The highest BCUT2D eigenvalue weighted by atomic mass is 127. The SMILES string of the molecule is CCCC(=O)Nc1ccc(CN=C(NCC)NCCc2c[nH]c3cc(F)ccc23)cc1.I. The summed E-state index contributed by atoms with van der Waals surface area (Å²) in [5.74, 6) is 0.540. The number of benzene rings is 2. The summed E-state index contributed by atoms with van der Waals surface area (Å²) in [6.45, 7) is 6.02. The average molecular weight is 551 g/mol. The first-order valence-corrected chi connectivity index (χ1v) is 10.8. The van der Waals surface area contributed by atoms with E-state index in [1.165, 1.54) is 12.1 Å². The molecule has 0 bridgehead atoms. The van der Waals surface area contributed by atoms with Gasteiger partial charge in [-0.2, -0.15) is 0 Å². The number of halogens is 2. The predicted octanol–water partition coefficient (Wildman–Crippen LogP) is 4.96. The molecule has 0 aliphatic rings. The van der Waals surface area contributed by atoms with Crippen LogP contribution in [0.15, 0.2) is 53.7 Å². The van der Waals surface area contributed by atoms with Crippen molar-refractivity contribution < 1.29 is 9.18 Å². The fraction of sp³-hybridized carbons (Fsp3) is 0.333. The number of aromatic nitrogens is 1. The first kappa shape index (κ1) is 25.6. The van der Waals surface area contributed by atoms with E-state index in [9.17, 15) is 9.18 Å². The number of nitrogens with zero attached hydrogens (tertiary/aromatic N) is 1. The fourth-order valence-electron chi connectivity index (χ4n) is 3.34. The summed E-state index contributed by atoms with van der Waals surface area (Å²) in [4.78, 5) is 19.5. The zero-order valence-electron chi connectivity index (χ0n) is 18.5. The van der Waals surface area contributed by atoms with Crippen LogP contribution < -0.4 is 16.0 Å². The standard InChI is InChI=1S/C24H30FN5O.HI/c1-3-5-23(31)30-20-9-6-17(7-10-20)15-29-24(26-4-2)27-13-12-18-16-28-22-14-19(25)8-11-21(18)22;/h6-11,14,16,28H,3-5,12-13,15H2,1-2H3,(H,30,31)(H2,26,27,29);1H. The van der Waals surface area contributed by atoms with Gasteiger partial charge >= 0.3 is 0 Å². The van der Waals surface area contributed by atoms with Crippen LogP contribution in [0.25, 0.3) is 10.9 Å². The maximum absolute atomic E-state index is 13.3. The van der Waals surface area contributed by atoms with Crippen molar-refractivity contribution in [2.75, 3.05) is 18.4 Å². The zero-order chi connectivity index (χ0) is 22.1. The number of fused-ring (bicyclic) bond motifs is 1. The molecule has 0 aliphatic heterocycles. The number of amides is 1. The third-order valence-electron chi connectivity index (χ3n) is 4.89. The maximum Gasteiger partial charge on any atom is 0.224 e. The molecule has 0 atom stereocenters. The second kappa shape index (κ2) is 13.0. The zero-order valence-corrected chi connectivity index (χ0v) is 20.8. The van der Waals surface area contributed by atoms with E-state index < -0.39 is 0 Å². The Hall–Kier alpha value is -2.62. The van der Waals surface area contributed by atoms with Gasteiger partial charge in [0.15, 0.2) is 5.96 Å². The number of rotatable bonds is 9. The molecule has 8 heteroatoms. The number of anilines is 1. The molecule has 3 rings (SSSR count). The van der Waals surface area contributed by atoms with Crippen LogP contribution in [-0.2, 0) is 17.8 Å². The lowest BCUT2D eigenvalue weighted by Crippen LogP contribution is -2.38. The van der Waals surface area contributed by atoms with Crippen molar-refractivity contribution in [3.8, 4) is 0 Å². The topological polar surface area (TPSA) is 81.3 Å². The lowest BCUT2D eigenvalue weighted by Gasteiger charge is -2.11. The number of hydrogen-bond acceptors (Lipinski definition) is 2. The van der Waals surface area contributed by atoms with Crippen molar-refractivity contribution in [3.05, 3.63) is 65.6 Å². The Bertz CT molecular complexity index is 1030. The molecular weight excluding hydrogens is 520 g/mol. The third-order valence-corrected chi connectivity index (χ3v) is 4.89. The molecule has 3 aromatic rings. The van der Waals surface area contributed by atoms with Crippen molar-refractivity contribution in [1.82, 2.24) is 15.6 Å². The van der Waals surface area contributed by atoms with Gasteiger partial charge in [-0.1, -0.05) is 19.1 Å². The van der Waals surface area contributed by atoms with Crippen molar-refractivity contribution in [3.63, 3.8) is 0 Å². The molecule has 1 heterocycles. The van der Waals surface area contributed by atoms with Gasteiger partial charge in [-0.15, -0.1) is 24.0 Å². The van der Waals surface area contributed by atoms with Gasteiger partial charge in [-0.3, -0.25) is 4.79 Å². The minimum absolute atomic E-state index is 0. The van der Waals surface area contributed by atoms with E-state index in [1.807, 2.05) is 50.4 Å². The highest BCUT2D eigenvalue weighted by Gasteiger charge is 2.06. The molecule has 2 aromatic carbocycles. The van der Waals surface area contributed by atoms with Crippen molar-refractivity contribution in [1.29, 1.82) is 0 Å². The van der Waals surface area contributed by atoms with Crippen LogP contribution in [0.5, 0.6) is 0 Å². The Kier molecular flexibility index (Phi) is 10.5. The number of guanidine groups is 1. The molecule has 0 fully saturated rings. The Morgan fingerprint density at radius 2 is 1.88 bits per heavy atom. The lowest BCUT2D eigenvalue weighted by molar-refractivity contribution is -0.116. The molecule has 0 aliphatic carbocycles. The van der Waals surface area contributed by atoms with Gasteiger partial charge in [0.2, 0.25) is 5.91 Å². The number of nitrogens with one attached hydrogen (secondary N) is 4. The largest absolute Gasteiger partial charge is 0.361 e. The molecule has 0 saturated carbocycles. The summed E-state index contributed by atoms with van der Waals surface area (Å²) in [6, 6.07) is 12.6. The second-order valence-electron chi connectivity index (χ2n) is 7.37. The van der Waals surface area contributed by atoms with Crippen LogP contribution in [0.2, 0.25) is 0 Å². The molecular formula is C24H31FIN5O. The number of aromatic amines is 1. The van der Waals surface area contributed by atoms with Crippen LogP contribution in [-0.4, -0.2) is 29.9 Å². The average Bonchev–Trinajstić information content (AvgIpc) is 3.15. The Morgan fingerprint density at radius 1 is 1.09 bits per heavy atom. The molecule has 0 saturated heterocycles. The number of carbonyl (C=O) groups is 1. The summed E-state index contributed by atoms with van der Waals surface area (Å²) < 4.78 is 13.3. The normalized spacial score (nSPS) is 11.2. The number of aliphatic imine (C=N–C) groups is 1. The van der Waals surface area contributed by atoms with Crippen molar-refractivity contribution in [2.24, 2.45) is 4.99 Å². The van der Waals surface area contributed by atoms with Crippen molar-refractivity contribution in [2.45, 2.75) is 39.7 Å². The Balaban J connectivity index is 0.00000363. The van der Waals surface area contributed by atoms with E-state index in [4.69, 9.17) is 0 Å². The molecule has 0 spiro atoms. The summed E-state index contributed by atoms with van der Waals surface area (Å²) in [6.07, 6.45) is 4.08. The molecule has 172 valence electrons. The summed E-state index contributed by atoms with van der Waals surface area (Å²) in [7, 11) is 0. The van der Waals surface area contributed by atoms with Crippen molar-refractivity contribution >= 4 is 52.4 Å². The fourth-order valence-corrected chi connectivity index (χ4v) is 3.34. The second-order valence-corrected chi connectivity index (χ2v) is 7.37. The summed E-state index contributed by atoms with van der Waals surface area (Å²) in [5, 5.41) is 10.5. The van der Waals surface area contributed by atoms with E-state index in [0.717, 1.165) is 53.1 Å². The predicted molar refractivity (Wildman–Crippen MR) is 140 cm³/mol. The van der Waals surface area contributed by atoms with Crippen LogP contribution in [0.3, 0.4) is 0 Å². The number of hydrogen-bond donors (Lipinski definition) is 4. The van der Waals surface area contributed by atoms with Gasteiger partial charge in [-0.05, 0) is 61.2 Å². The highest BCUT2D eigenvalue weighted by Crippen LogP contribution is 2.19. The summed E-state index contributed by atoms with van der Waals surface area (Å²) in [5.41, 5.74) is 3.81. The van der Waals surface area contributed by atoms with E-state index >= 15 is 0 Å². The monoisotopic (exact) mass is 551 g/mol. The Morgan fingerprint density at radius 3 is 2.59 bits per heavy atom. The molecule has 1 amide bonds. The highest BCUT2D eigenvalue weighted by molar-refractivity contribution is 14.0. The van der Waals surface area contributed by atoms with Crippen LogP contribution in [0.1, 0.15) is 37.8 Å². The molecule has 0 radical (unpaired) electrons. The first-order chi connectivity index (χ1) is 15.1. The lowest BCUT2D eigenvalue weighted by atomic mass is 10.1. The minimum atomic E-state index is -0.239. The van der Waals surface area contributed by atoms with Gasteiger partial charge in [0.05, 0.1) is 6.54 Å². The molecule has 1 aromatic heterocycles. The minimum Gasteiger partial charge on any atom is -0.361 e. The number of H-pyrrole nitrogens is 1. The van der Waals surface area contributed by atoms with Gasteiger partial charge in [0.1, 0.15) is 5.82 Å². The summed E-state index contributed by atoms with van der Waals surface area (Å²) >= 11 is 0. The van der Waals surface area contributed by atoms with E-state index in [-0.39, 0.29) is 35.7 Å². The molecule has 4 N–H and O–H groups in total. The van der Waals surface area contributed by atoms with Gasteiger partial charge in [0, 0.05) is 42.3 Å². The Labute approximate surface area is 205 Å².